The lowest BCUT2D eigenvalue weighted by atomic mass is 9.61. The average molecular weight is 384 g/mol. The Morgan fingerprint density at radius 2 is 1.57 bits per heavy atom. The molecule has 1 nitrogen and oxygen atoms in total. The van der Waals surface area contributed by atoms with Gasteiger partial charge in [0, 0.05) is 0 Å². The quantitative estimate of drug-likeness (QED) is 0.304. The zero-order chi connectivity index (χ0) is 19.8. The number of nitrogens with zero attached hydrogens (tertiary/aromatic N) is 1. The maximum Gasteiger partial charge on any atom is 0.0782 e. The van der Waals surface area contributed by atoms with Gasteiger partial charge in [0.1, 0.15) is 0 Å². The van der Waals surface area contributed by atoms with E-state index in [1.807, 2.05) is 0 Å². The average Bonchev–Trinajstić information content (AvgIpc) is 2.75. The maximum absolute atomic E-state index is 10.1. The molecular weight excluding hydrogens is 338 g/mol. The van der Waals surface area contributed by atoms with Gasteiger partial charge in [0.25, 0.3) is 0 Å². The number of hydrogen-bond acceptors (Lipinski definition) is 1. The Morgan fingerprint density at radius 1 is 0.857 bits per heavy atom. The number of hydrogen-bond donors (Lipinski definition) is 0. The highest BCUT2D eigenvalue weighted by Crippen LogP contribution is 2.51. The second kappa shape index (κ2) is 10.8. The summed E-state index contributed by atoms with van der Waals surface area (Å²) in [6.45, 7) is 4.63. The number of unbranched alkanes of at least 4 members (excludes halogenated alkanes) is 2. The zero-order valence-corrected chi connectivity index (χ0v) is 18.9. The molecular formula is C27H45N. The van der Waals surface area contributed by atoms with E-state index in [1.165, 1.54) is 102 Å². The summed E-state index contributed by atoms with van der Waals surface area (Å²) in [6.07, 6.45) is 25.4. The van der Waals surface area contributed by atoms with Crippen LogP contribution in [-0.4, -0.2) is 0 Å². The van der Waals surface area contributed by atoms with Gasteiger partial charge in [-0.3, -0.25) is 0 Å². The van der Waals surface area contributed by atoms with E-state index in [0.29, 0.717) is 0 Å². The normalized spacial score (nSPS) is 36.5. The van der Waals surface area contributed by atoms with Gasteiger partial charge in [0.2, 0.25) is 0 Å². The molecule has 0 saturated heterocycles. The molecule has 0 aromatic carbocycles. The second-order valence-electron chi connectivity index (χ2n) is 10.5. The monoisotopic (exact) mass is 383 g/mol. The molecule has 3 rings (SSSR count). The maximum atomic E-state index is 10.1. The first-order chi connectivity index (χ1) is 13.7. The summed E-state index contributed by atoms with van der Waals surface area (Å²) in [5.41, 5.74) is 1.44. The molecule has 0 amide bonds. The SMILES string of the molecule is CCCCC[C@H]1CC=C(C2(C#N)CCC(C3CCC(CCC)CC3)CC2)CC1. The van der Waals surface area contributed by atoms with Crippen molar-refractivity contribution in [3.05, 3.63) is 11.6 Å². The van der Waals surface area contributed by atoms with E-state index in [1.54, 1.807) is 0 Å². The minimum Gasteiger partial charge on any atom is -0.197 e. The Balaban J connectivity index is 1.48. The molecule has 0 unspecified atom stereocenters. The molecule has 158 valence electrons. The summed E-state index contributed by atoms with van der Waals surface area (Å²) in [7, 11) is 0. The molecule has 0 aromatic rings. The van der Waals surface area contributed by atoms with Crippen molar-refractivity contribution in [3.63, 3.8) is 0 Å². The Morgan fingerprint density at radius 3 is 2.14 bits per heavy atom. The van der Waals surface area contributed by atoms with Gasteiger partial charge in [0.05, 0.1) is 11.5 Å². The van der Waals surface area contributed by atoms with Gasteiger partial charge < -0.3 is 0 Å². The largest absolute Gasteiger partial charge is 0.197 e. The van der Waals surface area contributed by atoms with E-state index >= 15 is 0 Å². The molecule has 1 atom stereocenters. The second-order valence-corrected chi connectivity index (χ2v) is 10.5. The molecule has 1 heteroatoms. The molecule has 3 aliphatic rings. The summed E-state index contributed by atoms with van der Waals surface area (Å²) >= 11 is 0. The van der Waals surface area contributed by atoms with Crippen LogP contribution in [0.1, 0.15) is 123 Å². The van der Waals surface area contributed by atoms with Crippen molar-refractivity contribution in [2.75, 3.05) is 0 Å². The summed E-state index contributed by atoms with van der Waals surface area (Å²) in [6, 6.07) is 2.83. The van der Waals surface area contributed by atoms with Gasteiger partial charge in [0.15, 0.2) is 0 Å². The van der Waals surface area contributed by atoms with Crippen LogP contribution in [0.3, 0.4) is 0 Å². The van der Waals surface area contributed by atoms with Crippen molar-refractivity contribution in [3.8, 4) is 6.07 Å². The third-order valence-electron chi connectivity index (χ3n) is 8.70. The Kier molecular flexibility index (Phi) is 8.50. The standard InChI is InChI=1S/C27H45N/c1-3-5-6-8-23-11-15-26(16-12-23)27(21-28)19-17-25(18-20-27)24-13-9-22(7-4-2)10-14-24/h15,22-25H,3-14,16-20H2,1-2H3/t22?,23-,24?,25?,27?/m0/s1. The summed E-state index contributed by atoms with van der Waals surface area (Å²) in [5.74, 6) is 3.78. The summed E-state index contributed by atoms with van der Waals surface area (Å²) in [4.78, 5) is 0. The highest BCUT2D eigenvalue weighted by Gasteiger charge is 2.41. The van der Waals surface area contributed by atoms with Crippen LogP contribution in [-0.2, 0) is 0 Å². The van der Waals surface area contributed by atoms with E-state index in [9.17, 15) is 5.26 Å². The number of nitriles is 1. The molecule has 0 aromatic heterocycles. The summed E-state index contributed by atoms with van der Waals surface area (Å²) < 4.78 is 0. The van der Waals surface area contributed by atoms with Gasteiger partial charge in [-0.05, 0) is 81.5 Å². The first-order valence-electron chi connectivity index (χ1n) is 12.8. The van der Waals surface area contributed by atoms with E-state index in [0.717, 1.165) is 36.5 Å². The minimum atomic E-state index is -0.0930. The van der Waals surface area contributed by atoms with Gasteiger partial charge in [-0.25, -0.2) is 0 Å². The van der Waals surface area contributed by atoms with Crippen LogP contribution < -0.4 is 0 Å². The van der Waals surface area contributed by atoms with Crippen molar-refractivity contribution in [1.29, 1.82) is 5.26 Å². The van der Waals surface area contributed by atoms with Crippen LogP contribution in [0.4, 0.5) is 0 Å². The van der Waals surface area contributed by atoms with E-state index < -0.39 is 0 Å². The zero-order valence-electron chi connectivity index (χ0n) is 18.9. The molecule has 0 radical (unpaired) electrons. The molecule has 0 bridgehead atoms. The first kappa shape index (κ1) is 21.9. The van der Waals surface area contributed by atoms with Crippen molar-refractivity contribution >= 4 is 0 Å². The van der Waals surface area contributed by atoms with Crippen LogP contribution in [0.15, 0.2) is 11.6 Å². The summed E-state index contributed by atoms with van der Waals surface area (Å²) in [5, 5.41) is 10.1. The molecule has 3 aliphatic carbocycles. The lowest BCUT2D eigenvalue weighted by Gasteiger charge is -2.42. The first-order valence-corrected chi connectivity index (χ1v) is 12.8. The van der Waals surface area contributed by atoms with Gasteiger partial charge in [-0.15, -0.1) is 0 Å². The highest BCUT2D eigenvalue weighted by molar-refractivity contribution is 5.26. The fourth-order valence-electron chi connectivity index (χ4n) is 6.73. The lowest BCUT2D eigenvalue weighted by Crippen LogP contribution is -2.33. The fraction of sp³-hybridized carbons (Fsp3) is 0.889. The molecule has 2 fully saturated rings. The number of rotatable bonds is 8. The van der Waals surface area contributed by atoms with Crippen LogP contribution >= 0.6 is 0 Å². The van der Waals surface area contributed by atoms with Gasteiger partial charge in [-0.1, -0.05) is 76.9 Å². The van der Waals surface area contributed by atoms with Gasteiger partial charge >= 0.3 is 0 Å². The molecule has 2 saturated carbocycles. The van der Waals surface area contributed by atoms with E-state index in [4.69, 9.17) is 0 Å². The van der Waals surface area contributed by atoms with E-state index in [-0.39, 0.29) is 5.41 Å². The highest BCUT2D eigenvalue weighted by atomic mass is 14.5. The fourth-order valence-corrected chi connectivity index (χ4v) is 6.73. The van der Waals surface area contributed by atoms with Crippen molar-refractivity contribution in [1.82, 2.24) is 0 Å². The predicted octanol–water partition coefficient (Wildman–Crippen LogP) is 8.60. The van der Waals surface area contributed by atoms with Crippen LogP contribution in [0, 0.1) is 40.4 Å². The van der Waals surface area contributed by atoms with Crippen molar-refractivity contribution in [2.45, 2.75) is 123 Å². The topological polar surface area (TPSA) is 23.8 Å². The molecule has 0 N–H and O–H groups in total. The Hall–Kier alpha value is -0.770. The predicted molar refractivity (Wildman–Crippen MR) is 120 cm³/mol. The lowest BCUT2D eigenvalue weighted by molar-refractivity contribution is 0.131. The molecule has 0 heterocycles. The smallest absolute Gasteiger partial charge is 0.0782 e. The van der Waals surface area contributed by atoms with E-state index in [2.05, 4.69) is 26.0 Å². The number of allylic oxidation sites excluding steroid dienone is 2. The molecule has 28 heavy (non-hydrogen) atoms. The van der Waals surface area contributed by atoms with Crippen LogP contribution in [0.2, 0.25) is 0 Å². The van der Waals surface area contributed by atoms with Crippen LogP contribution in [0.25, 0.3) is 0 Å². The van der Waals surface area contributed by atoms with Crippen molar-refractivity contribution < 1.29 is 0 Å². The Bertz CT molecular complexity index is 523. The molecule has 0 spiro atoms. The Labute approximate surface area is 175 Å². The van der Waals surface area contributed by atoms with Crippen molar-refractivity contribution in [2.24, 2.45) is 29.1 Å². The third-order valence-corrected chi connectivity index (χ3v) is 8.70. The third kappa shape index (κ3) is 5.43. The molecule has 0 aliphatic heterocycles. The van der Waals surface area contributed by atoms with Crippen LogP contribution in [0.5, 0.6) is 0 Å². The minimum absolute atomic E-state index is 0.0930. The van der Waals surface area contributed by atoms with Gasteiger partial charge in [-0.2, -0.15) is 5.26 Å².